The van der Waals surface area contributed by atoms with Crippen LogP contribution in [-0.4, -0.2) is 9.38 Å². The molecule has 0 aromatic carbocycles. The van der Waals surface area contributed by atoms with E-state index in [0.717, 1.165) is 16.4 Å². The Morgan fingerprint density at radius 1 is 1.46 bits per heavy atom. The van der Waals surface area contributed by atoms with Gasteiger partial charge in [-0.05, 0) is 25.0 Å². The van der Waals surface area contributed by atoms with Crippen LogP contribution in [-0.2, 0) is 0 Å². The van der Waals surface area contributed by atoms with Crippen LogP contribution in [0, 0.1) is 0 Å². The lowest BCUT2D eigenvalue weighted by molar-refractivity contribution is 0.921. The number of aromatic nitrogens is 2. The summed E-state index contributed by atoms with van der Waals surface area (Å²) >= 11 is 6.03. The van der Waals surface area contributed by atoms with Gasteiger partial charge in [0.05, 0.1) is 16.7 Å². The predicted molar refractivity (Wildman–Crippen MR) is 52.2 cm³/mol. The van der Waals surface area contributed by atoms with Crippen LogP contribution in [0.4, 0.5) is 0 Å². The van der Waals surface area contributed by atoms with Gasteiger partial charge in [-0.1, -0.05) is 11.6 Å². The molecule has 0 radical (unpaired) electrons. The first-order chi connectivity index (χ1) is 6.36. The molecule has 66 valence electrons. The summed E-state index contributed by atoms with van der Waals surface area (Å²) in [5.74, 6) is 1.83. The molecule has 3 heteroatoms. The number of hydrogen-bond donors (Lipinski definition) is 0. The third-order valence-electron chi connectivity index (χ3n) is 2.49. The zero-order chi connectivity index (χ0) is 8.84. The van der Waals surface area contributed by atoms with Gasteiger partial charge in [0.15, 0.2) is 0 Å². The van der Waals surface area contributed by atoms with Crippen molar-refractivity contribution in [1.82, 2.24) is 9.38 Å². The van der Waals surface area contributed by atoms with Gasteiger partial charge in [0.25, 0.3) is 0 Å². The van der Waals surface area contributed by atoms with Crippen LogP contribution in [0.15, 0.2) is 24.5 Å². The van der Waals surface area contributed by atoms with Gasteiger partial charge in [-0.3, -0.25) is 0 Å². The highest BCUT2D eigenvalue weighted by Crippen LogP contribution is 2.39. The second-order valence-electron chi connectivity index (χ2n) is 3.50. The molecule has 0 atom stereocenters. The Bertz CT molecular complexity index is 457. The maximum absolute atomic E-state index is 6.03. The first kappa shape index (κ1) is 7.39. The molecule has 3 rings (SSSR count). The van der Waals surface area contributed by atoms with Crippen molar-refractivity contribution in [1.29, 1.82) is 0 Å². The van der Waals surface area contributed by atoms with Crippen molar-refractivity contribution in [2.45, 2.75) is 18.8 Å². The summed E-state index contributed by atoms with van der Waals surface area (Å²) in [4.78, 5) is 4.40. The lowest BCUT2D eigenvalue weighted by Gasteiger charge is -1.98. The number of halogens is 1. The Morgan fingerprint density at radius 2 is 2.31 bits per heavy atom. The maximum Gasteiger partial charge on any atom is 0.116 e. The number of pyridine rings is 1. The average Bonchev–Trinajstić information content (AvgIpc) is 2.87. The van der Waals surface area contributed by atoms with Crippen molar-refractivity contribution in [3.05, 3.63) is 35.4 Å². The Kier molecular flexibility index (Phi) is 1.41. The Hall–Kier alpha value is -1.02. The van der Waals surface area contributed by atoms with E-state index >= 15 is 0 Å². The highest BCUT2D eigenvalue weighted by molar-refractivity contribution is 6.33. The van der Waals surface area contributed by atoms with Crippen LogP contribution in [0.2, 0.25) is 5.02 Å². The molecule has 0 spiro atoms. The smallest absolute Gasteiger partial charge is 0.116 e. The first-order valence-corrected chi connectivity index (χ1v) is 4.85. The standard InChI is InChI=1S/C10H9ClN2/c11-8-2-1-5-13-9(8)6-12-10(13)7-3-4-7/h1-2,5-7H,3-4H2. The molecule has 1 saturated carbocycles. The van der Waals surface area contributed by atoms with Crippen LogP contribution >= 0.6 is 11.6 Å². The van der Waals surface area contributed by atoms with E-state index < -0.39 is 0 Å². The summed E-state index contributed by atoms with van der Waals surface area (Å²) in [5, 5.41) is 0.780. The number of fused-ring (bicyclic) bond motifs is 1. The summed E-state index contributed by atoms with van der Waals surface area (Å²) in [6.45, 7) is 0. The van der Waals surface area contributed by atoms with Crippen molar-refractivity contribution in [3.8, 4) is 0 Å². The lowest BCUT2D eigenvalue weighted by atomic mass is 10.4. The molecular weight excluding hydrogens is 184 g/mol. The van der Waals surface area contributed by atoms with Gasteiger partial charge in [-0.2, -0.15) is 0 Å². The fourth-order valence-electron chi connectivity index (χ4n) is 1.65. The third kappa shape index (κ3) is 1.05. The third-order valence-corrected chi connectivity index (χ3v) is 2.81. The summed E-state index contributed by atoms with van der Waals surface area (Å²) in [6.07, 6.45) is 6.43. The number of nitrogens with zero attached hydrogens (tertiary/aromatic N) is 2. The SMILES string of the molecule is Clc1cccn2c(C3CC3)ncc12. The van der Waals surface area contributed by atoms with E-state index in [-0.39, 0.29) is 0 Å². The molecule has 1 aliphatic rings. The minimum atomic E-state index is 0.668. The average molecular weight is 193 g/mol. The zero-order valence-corrected chi connectivity index (χ0v) is 7.83. The van der Waals surface area contributed by atoms with Crippen LogP contribution in [0.25, 0.3) is 5.52 Å². The van der Waals surface area contributed by atoms with Crippen LogP contribution < -0.4 is 0 Å². The van der Waals surface area contributed by atoms with Gasteiger partial charge in [0.1, 0.15) is 5.82 Å². The molecule has 0 N–H and O–H groups in total. The van der Waals surface area contributed by atoms with Gasteiger partial charge in [0.2, 0.25) is 0 Å². The molecule has 1 aliphatic carbocycles. The summed E-state index contributed by atoms with van der Waals surface area (Å²) in [6, 6.07) is 3.86. The summed E-state index contributed by atoms with van der Waals surface area (Å²) in [5.41, 5.74) is 1.02. The molecule has 0 aliphatic heterocycles. The monoisotopic (exact) mass is 192 g/mol. The Labute approximate surface area is 81.2 Å². The van der Waals surface area contributed by atoms with Crippen molar-refractivity contribution in [3.63, 3.8) is 0 Å². The fourth-order valence-corrected chi connectivity index (χ4v) is 1.86. The van der Waals surface area contributed by atoms with Gasteiger partial charge in [-0.15, -0.1) is 0 Å². The molecule has 0 saturated heterocycles. The number of rotatable bonds is 1. The lowest BCUT2D eigenvalue weighted by Crippen LogP contribution is -1.90. The molecule has 0 bridgehead atoms. The highest BCUT2D eigenvalue weighted by atomic mass is 35.5. The molecule has 0 unspecified atom stereocenters. The molecule has 13 heavy (non-hydrogen) atoms. The molecule has 1 fully saturated rings. The topological polar surface area (TPSA) is 17.3 Å². The van der Waals surface area contributed by atoms with Crippen molar-refractivity contribution >= 4 is 17.1 Å². The normalized spacial score (nSPS) is 16.7. The van der Waals surface area contributed by atoms with E-state index in [1.165, 1.54) is 12.8 Å². The molecule has 2 aromatic rings. The molecular formula is C10H9ClN2. The van der Waals surface area contributed by atoms with Gasteiger partial charge in [0, 0.05) is 12.1 Å². The summed E-state index contributed by atoms with van der Waals surface area (Å²) < 4.78 is 2.10. The second-order valence-corrected chi connectivity index (χ2v) is 3.91. The van der Waals surface area contributed by atoms with Crippen LogP contribution in [0.3, 0.4) is 0 Å². The van der Waals surface area contributed by atoms with E-state index in [2.05, 4.69) is 9.38 Å². The number of imidazole rings is 1. The largest absolute Gasteiger partial charge is 0.302 e. The molecule has 2 aromatic heterocycles. The molecule has 0 amide bonds. The maximum atomic E-state index is 6.03. The Morgan fingerprint density at radius 3 is 3.08 bits per heavy atom. The van der Waals surface area contributed by atoms with Crippen molar-refractivity contribution < 1.29 is 0 Å². The van der Waals surface area contributed by atoms with Crippen LogP contribution in [0.1, 0.15) is 24.6 Å². The zero-order valence-electron chi connectivity index (χ0n) is 7.07. The van der Waals surface area contributed by atoms with Gasteiger partial charge in [-0.25, -0.2) is 4.98 Å². The van der Waals surface area contributed by atoms with Gasteiger partial charge < -0.3 is 4.40 Å². The quantitative estimate of drug-likeness (QED) is 0.679. The minimum absolute atomic E-state index is 0.668. The molecule has 2 nitrogen and oxygen atoms in total. The highest BCUT2D eigenvalue weighted by Gasteiger charge is 2.27. The van der Waals surface area contributed by atoms with E-state index in [0.29, 0.717) is 5.92 Å². The predicted octanol–water partition coefficient (Wildman–Crippen LogP) is 2.87. The second kappa shape index (κ2) is 2.48. The number of hydrogen-bond acceptors (Lipinski definition) is 1. The summed E-state index contributed by atoms with van der Waals surface area (Å²) in [7, 11) is 0. The van der Waals surface area contributed by atoms with E-state index in [1.54, 1.807) is 0 Å². The van der Waals surface area contributed by atoms with Gasteiger partial charge >= 0.3 is 0 Å². The van der Waals surface area contributed by atoms with Crippen molar-refractivity contribution in [2.24, 2.45) is 0 Å². The Balaban J connectivity index is 2.32. The molecule has 2 heterocycles. The fraction of sp³-hybridized carbons (Fsp3) is 0.300. The van der Waals surface area contributed by atoms with Crippen LogP contribution in [0.5, 0.6) is 0 Å². The van der Waals surface area contributed by atoms with E-state index in [4.69, 9.17) is 11.6 Å². The first-order valence-electron chi connectivity index (χ1n) is 4.48. The van der Waals surface area contributed by atoms with Crippen molar-refractivity contribution in [2.75, 3.05) is 0 Å². The van der Waals surface area contributed by atoms with E-state index in [1.807, 2.05) is 24.5 Å². The van der Waals surface area contributed by atoms with E-state index in [9.17, 15) is 0 Å². The minimum Gasteiger partial charge on any atom is -0.302 e.